The number of aromatic hydroxyl groups is 1. The lowest BCUT2D eigenvalue weighted by Gasteiger charge is -2.09. The smallest absolute Gasteiger partial charge is 0.139 e. The highest BCUT2D eigenvalue weighted by atomic mass is 16.5. The lowest BCUT2D eigenvalue weighted by Crippen LogP contribution is -1.99. The number of hydrogen-bond acceptors (Lipinski definition) is 3. The molecule has 0 radical (unpaired) electrons. The van der Waals surface area contributed by atoms with Gasteiger partial charge in [0.25, 0.3) is 0 Å². The van der Waals surface area contributed by atoms with E-state index < -0.39 is 0 Å². The van der Waals surface area contributed by atoms with Gasteiger partial charge in [0.1, 0.15) is 18.1 Å². The first-order chi connectivity index (χ1) is 10.2. The van der Waals surface area contributed by atoms with Gasteiger partial charge in [-0.15, -0.1) is 0 Å². The Kier molecular flexibility index (Phi) is 3.52. The second-order valence-corrected chi connectivity index (χ2v) is 5.31. The van der Waals surface area contributed by atoms with Crippen LogP contribution in [0.3, 0.4) is 0 Å². The Labute approximate surface area is 123 Å². The maximum Gasteiger partial charge on any atom is 0.139 e. The molecule has 1 aromatic carbocycles. The molecule has 2 aromatic heterocycles. The number of nitrogens with zero attached hydrogens (tertiary/aromatic N) is 2. The molecule has 0 aliphatic heterocycles. The Bertz CT molecular complexity index is 748. The number of rotatable bonds is 4. The number of fused-ring (bicyclic) bond motifs is 1. The zero-order valence-electron chi connectivity index (χ0n) is 12.2. The Balaban J connectivity index is 1.97. The summed E-state index contributed by atoms with van der Waals surface area (Å²) in [6.45, 7) is 4.64. The van der Waals surface area contributed by atoms with Crippen molar-refractivity contribution in [1.29, 1.82) is 0 Å². The van der Waals surface area contributed by atoms with E-state index in [0.29, 0.717) is 12.4 Å². The summed E-state index contributed by atoms with van der Waals surface area (Å²) in [6.07, 6.45) is 5.46. The number of benzene rings is 1. The number of hydrogen-bond donors (Lipinski definition) is 1. The highest BCUT2D eigenvalue weighted by Gasteiger charge is 2.14. The van der Waals surface area contributed by atoms with E-state index in [1.807, 2.05) is 30.5 Å². The molecule has 0 saturated heterocycles. The average molecular weight is 282 g/mol. The van der Waals surface area contributed by atoms with Crippen molar-refractivity contribution < 1.29 is 9.84 Å². The normalized spacial score (nSPS) is 11.2. The first-order valence-electron chi connectivity index (χ1n) is 7.01. The van der Waals surface area contributed by atoms with Gasteiger partial charge in [-0.25, -0.2) is 0 Å². The highest BCUT2D eigenvalue weighted by molar-refractivity contribution is 5.89. The molecule has 0 bridgehead atoms. The number of para-hydroxylation sites is 1. The van der Waals surface area contributed by atoms with Gasteiger partial charge in [-0.2, -0.15) is 0 Å². The van der Waals surface area contributed by atoms with Gasteiger partial charge < -0.3 is 14.4 Å². The highest BCUT2D eigenvalue weighted by Crippen LogP contribution is 2.31. The zero-order chi connectivity index (χ0) is 14.8. The number of ether oxygens (including phenoxy) is 1. The molecular formula is C17H18N2O2. The summed E-state index contributed by atoms with van der Waals surface area (Å²) in [5.74, 6) is 1.04. The molecule has 0 unspecified atom stereocenters. The molecule has 3 rings (SSSR count). The molecule has 2 heterocycles. The Morgan fingerprint density at radius 3 is 2.81 bits per heavy atom. The molecule has 108 valence electrons. The Morgan fingerprint density at radius 1 is 1.24 bits per heavy atom. The van der Waals surface area contributed by atoms with Crippen molar-refractivity contribution in [2.75, 3.05) is 0 Å². The summed E-state index contributed by atoms with van der Waals surface area (Å²) >= 11 is 0. The van der Waals surface area contributed by atoms with Gasteiger partial charge in [0.15, 0.2) is 0 Å². The molecule has 21 heavy (non-hydrogen) atoms. The van der Waals surface area contributed by atoms with Gasteiger partial charge in [0.2, 0.25) is 0 Å². The van der Waals surface area contributed by atoms with Crippen LogP contribution in [0.1, 0.15) is 25.5 Å². The summed E-state index contributed by atoms with van der Waals surface area (Å²) < 4.78 is 7.85. The van der Waals surface area contributed by atoms with Crippen LogP contribution in [-0.2, 0) is 6.61 Å². The molecule has 0 saturated carbocycles. The summed E-state index contributed by atoms with van der Waals surface area (Å²) in [5, 5.41) is 11.1. The van der Waals surface area contributed by atoms with Crippen LogP contribution < -0.4 is 4.74 Å². The SMILES string of the molecule is CC(C)n1cc(COc2cccnc2)c2cccc(O)c21. The van der Waals surface area contributed by atoms with Crippen molar-refractivity contribution in [2.45, 2.75) is 26.5 Å². The summed E-state index contributed by atoms with van der Waals surface area (Å²) in [4.78, 5) is 4.04. The quantitative estimate of drug-likeness (QED) is 0.789. The van der Waals surface area contributed by atoms with Gasteiger partial charge >= 0.3 is 0 Å². The second-order valence-electron chi connectivity index (χ2n) is 5.31. The lowest BCUT2D eigenvalue weighted by molar-refractivity contribution is 0.306. The van der Waals surface area contributed by atoms with Gasteiger partial charge in [-0.1, -0.05) is 12.1 Å². The van der Waals surface area contributed by atoms with Crippen molar-refractivity contribution in [2.24, 2.45) is 0 Å². The molecular weight excluding hydrogens is 264 g/mol. The minimum absolute atomic E-state index is 0.271. The van der Waals surface area contributed by atoms with E-state index in [1.54, 1.807) is 18.5 Å². The summed E-state index contributed by atoms with van der Waals surface area (Å²) in [7, 11) is 0. The first kappa shape index (κ1) is 13.5. The predicted molar refractivity (Wildman–Crippen MR) is 82.6 cm³/mol. The van der Waals surface area contributed by atoms with Crippen LogP contribution in [0.5, 0.6) is 11.5 Å². The molecule has 4 nitrogen and oxygen atoms in total. The molecule has 0 aliphatic rings. The number of phenolic OH excluding ortho intramolecular Hbond substituents is 1. The van der Waals surface area contributed by atoms with Crippen LogP contribution in [0.4, 0.5) is 0 Å². The third kappa shape index (κ3) is 2.57. The molecule has 3 aromatic rings. The molecule has 0 amide bonds. The monoisotopic (exact) mass is 282 g/mol. The van der Waals surface area contributed by atoms with E-state index in [4.69, 9.17) is 4.74 Å². The number of phenols is 1. The fraction of sp³-hybridized carbons (Fsp3) is 0.235. The van der Waals surface area contributed by atoms with E-state index >= 15 is 0 Å². The van der Waals surface area contributed by atoms with E-state index in [2.05, 4.69) is 23.4 Å². The van der Waals surface area contributed by atoms with E-state index in [9.17, 15) is 5.11 Å². The fourth-order valence-electron chi connectivity index (χ4n) is 2.48. The minimum atomic E-state index is 0.271. The number of pyridine rings is 1. The van der Waals surface area contributed by atoms with Gasteiger partial charge in [0.05, 0.1) is 11.7 Å². The largest absolute Gasteiger partial charge is 0.506 e. The Hall–Kier alpha value is -2.49. The van der Waals surface area contributed by atoms with Crippen LogP contribution in [-0.4, -0.2) is 14.7 Å². The molecule has 4 heteroatoms. The number of aromatic nitrogens is 2. The van der Waals surface area contributed by atoms with Gasteiger partial charge in [0, 0.05) is 29.4 Å². The van der Waals surface area contributed by atoms with E-state index in [0.717, 1.165) is 22.2 Å². The average Bonchev–Trinajstić information content (AvgIpc) is 2.87. The predicted octanol–water partition coefficient (Wildman–Crippen LogP) is 3.90. The van der Waals surface area contributed by atoms with E-state index in [1.165, 1.54) is 0 Å². The first-order valence-corrected chi connectivity index (χ1v) is 7.01. The molecule has 0 atom stereocenters. The maximum absolute atomic E-state index is 10.1. The van der Waals surface area contributed by atoms with Crippen molar-refractivity contribution >= 4 is 10.9 Å². The van der Waals surface area contributed by atoms with Crippen molar-refractivity contribution in [3.8, 4) is 11.5 Å². The van der Waals surface area contributed by atoms with Crippen molar-refractivity contribution in [1.82, 2.24) is 9.55 Å². The molecule has 0 aliphatic carbocycles. The van der Waals surface area contributed by atoms with Crippen LogP contribution in [0.25, 0.3) is 10.9 Å². The van der Waals surface area contributed by atoms with Crippen LogP contribution >= 0.6 is 0 Å². The lowest BCUT2D eigenvalue weighted by atomic mass is 10.2. The van der Waals surface area contributed by atoms with Crippen molar-refractivity contribution in [3.63, 3.8) is 0 Å². The standard InChI is InChI=1S/C17H18N2O2/c1-12(2)19-10-13(11-21-14-5-4-8-18-9-14)15-6-3-7-16(20)17(15)19/h3-10,12,20H,11H2,1-2H3. The third-order valence-electron chi connectivity index (χ3n) is 3.50. The minimum Gasteiger partial charge on any atom is -0.506 e. The fourth-order valence-corrected chi connectivity index (χ4v) is 2.48. The Morgan fingerprint density at radius 2 is 2.10 bits per heavy atom. The van der Waals surface area contributed by atoms with Crippen LogP contribution in [0.15, 0.2) is 48.9 Å². The topological polar surface area (TPSA) is 47.3 Å². The van der Waals surface area contributed by atoms with Crippen molar-refractivity contribution in [3.05, 3.63) is 54.5 Å². The van der Waals surface area contributed by atoms with Crippen LogP contribution in [0.2, 0.25) is 0 Å². The molecule has 0 spiro atoms. The maximum atomic E-state index is 10.1. The second kappa shape index (κ2) is 5.48. The summed E-state index contributed by atoms with van der Waals surface area (Å²) in [6, 6.07) is 9.58. The van der Waals surface area contributed by atoms with Gasteiger partial charge in [-0.05, 0) is 32.0 Å². The molecule has 1 N–H and O–H groups in total. The van der Waals surface area contributed by atoms with Crippen LogP contribution in [0, 0.1) is 0 Å². The summed E-state index contributed by atoms with van der Waals surface area (Å²) in [5.41, 5.74) is 1.91. The molecule has 0 fully saturated rings. The third-order valence-corrected chi connectivity index (χ3v) is 3.50. The zero-order valence-corrected chi connectivity index (χ0v) is 12.2. The van der Waals surface area contributed by atoms with E-state index in [-0.39, 0.29) is 6.04 Å². The van der Waals surface area contributed by atoms with Gasteiger partial charge in [-0.3, -0.25) is 4.98 Å².